The van der Waals surface area contributed by atoms with Gasteiger partial charge in [0.25, 0.3) is 0 Å². The number of aliphatic hydroxyl groups is 3. The van der Waals surface area contributed by atoms with Crippen LogP contribution in [0.15, 0.2) is 0 Å². The average Bonchev–Trinajstić information content (AvgIpc) is 2.00. The van der Waals surface area contributed by atoms with Crippen LogP contribution in [-0.4, -0.2) is 45.9 Å². The van der Waals surface area contributed by atoms with E-state index in [2.05, 4.69) is 0 Å². The number of rotatable bonds is 5. The third-order valence-corrected chi connectivity index (χ3v) is 1.20. The van der Waals surface area contributed by atoms with Gasteiger partial charge in [-0.1, -0.05) is 0 Å². The number of carboxylic acid groups (broad SMARTS) is 1. The number of aliphatic carboxylic acids is 1. The highest BCUT2D eigenvalue weighted by molar-refractivity contribution is 5.96. The molecular formula is C6H9O6-. The molecule has 0 rings (SSSR count). The van der Waals surface area contributed by atoms with E-state index in [1.54, 1.807) is 0 Å². The fourth-order valence-electron chi connectivity index (χ4n) is 0.561. The van der Waals surface area contributed by atoms with Gasteiger partial charge in [-0.3, -0.25) is 4.79 Å². The van der Waals surface area contributed by atoms with Crippen molar-refractivity contribution in [3.8, 4) is 0 Å². The summed E-state index contributed by atoms with van der Waals surface area (Å²) in [5, 5.41) is 35.6. The molecule has 3 N–H and O–H groups in total. The number of aliphatic hydroxyl groups excluding tert-OH is 3. The van der Waals surface area contributed by atoms with E-state index in [4.69, 9.17) is 15.3 Å². The molecule has 0 aromatic rings. The van der Waals surface area contributed by atoms with Crippen LogP contribution in [0, 0.1) is 0 Å². The third kappa shape index (κ3) is 3.42. The molecular weight excluding hydrogens is 168 g/mol. The third-order valence-electron chi connectivity index (χ3n) is 1.20. The predicted octanol–water partition coefficient (Wildman–Crippen LogP) is -3.59. The molecule has 2 atom stereocenters. The van der Waals surface area contributed by atoms with E-state index < -0.39 is 37.0 Å². The minimum atomic E-state index is -1.87. The van der Waals surface area contributed by atoms with Crippen LogP contribution in [0.25, 0.3) is 0 Å². The molecule has 0 aliphatic rings. The second-order valence-electron chi connectivity index (χ2n) is 2.21. The fraction of sp³-hybridized carbons (Fsp3) is 0.667. The van der Waals surface area contributed by atoms with Gasteiger partial charge in [-0.15, -0.1) is 0 Å². The molecule has 0 aromatic heterocycles. The van der Waals surface area contributed by atoms with Crippen molar-refractivity contribution < 1.29 is 30.0 Å². The second kappa shape index (κ2) is 4.81. The highest BCUT2D eigenvalue weighted by Crippen LogP contribution is 1.97. The molecule has 0 saturated carbocycles. The van der Waals surface area contributed by atoms with Gasteiger partial charge in [0.1, 0.15) is 12.2 Å². The van der Waals surface area contributed by atoms with Crippen LogP contribution in [0.5, 0.6) is 0 Å². The minimum absolute atomic E-state index is 0.806. The summed E-state index contributed by atoms with van der Waals surface area (Å²) in [6, 6.07) is 0. The fourth-order valence-corrected chi connectivity index (χ4v) is 0.561. The summed E-state index contributed by atoms with van der Waals surface area (Å²) in [5.74, 6) is -2.72. The van der Waals surface area contributed by atoms with E-state index in [0.717, 1.165) is 0 Å². The van der Waals surface area contributed by atoms with Crippen LogP contribution < -0.4 is 5.11 Å². The van der Waals surface area contributed by atoms with Gasteiger partial charge in [0.15, 0.2) is 5.78 Å². The molecule has 6 nitrogen and oxygen atoms in total. The monoisotopic (exact) mass is 177 g/mol. The van der Waals surface area contributed by atoms with E-state index >= 15 is 0 Å². The number of carboxylic acids is 1. The van der Waals surface area contributed by atoms with E-state index in [-0.39, 0.29) is 0 Å². The Hall–Kier alpha value is -0.980. The van der Waals surface area contributed by atoms with Gasteiger partial charge >= 0.3 is 0 Å². The standard InChI is InChI=1S/C6H10O6/c7-2-4(9)6(12)3(8)1-5(10)11/h4,6-7,9,12H,1-2H2,(H,10,11)/p-1/t4-,6+/m1/s1. The summed E-state index contributed by atoms with van der Waals surface area (Å²) < 4.78 is 0. The molecule has 0 fully saturated rings. The molecule has 0 heterocycles. The van der Waals surface area contributed by atoms with Gasteiger partial charge in [0.2, 0.25) is 0 Å². The molecule has 0 aliphatic carbocycles. The Morgan fingerprint density at radius 1 is 1.33 bits per heavy atom. The lowest BCUT2D eigenvalue weighted by molar-refractivity contribution is -0.304. The lowest BCUT2D eigenvalue weighted by Crippen LogP contribution is -2.39. The Labute approximate surface area is 68.1 Å². The first-order valence-electron chi connectivity index (χ1n) is 3.18. The SMILES string of the molecule is O=C([O-])CC(=O)[C@H](O)[C@H](O)CO. The van der Waals surface area contributed by atoms with Crippen LogP contribution in [0.2, 0.25) is 0 Å². The molecule has 0 spiro atoms. The highest BCUT2D eigenvalue weighted by Gasteiger charge is 2.22. The first-order valence-corrected chi connectivity index (χ1v) is 3.18. The molecule has 0 unspecified atom stereocenters. The first-order chi connectivity index (χ1) is 5.49. The zero-order valence-corrected chi connectivity index (χ0v) is 6.14. The van der Waals surface area contributed by atoms with Crippen molar-refractivity contribution in [2.45, 2.75) is 18.6 Å². The topological polar surface area (TPSA) is 118 Å². The quantitative estimate of drug-likeness (QED) is 0.373. The van der Waals surface area contributed by atoms with Crippen LogP contribution in [0.4, 0.5) is 0 Å². The Kier molecular flexibility index (Phi) is 4.42. The molecule has 70 valence electrons. The van der Waals surface area contributed by atoms with Crippen molar-refractivity contribution in [3.63, 3.8) is 0 Å². The maximum atomic E-state index is 10.6. The Balaban J connectivity index is 4.01. The van der Waals surface area contributed by atoms with Crippen molar-refractivity contribution in [1.82, 2.24) is 0 Å². The Morgan fingerprint density at radius 3 is 2.17 bits per heavy atom. The van der Waals surface area contributed by atoms with Crippen molar-refractivity contribution in [2.75, 3.05) is 6.61 Å². The van der Waals surface area contributed by atoms with E-state index in [9.17, 15) is 14.7 Å². The lowest BCUT2D eigenvalue weighted by Gasteiger charge is -2.13. The second-order valence-corrected chi connectivity index (χ2v) is 2.21. The molecule has 0 aromatic carbocycles. The lowest BCUT2D eigenvalue weighted by atomic mass is 10.1. The van der Waals surface area contributed by atoms with Crippen molar-refractivity contribution in [1.29, 1.82) is 0 Å². The molecule has 12 heavy (non-hydrogen) atoms. The van der Waals surface area contributed by atoms with Gasteiger partial charge in [-0.2, -0.15) is 0 Å². The summed E-state index contributed by atoms with van der Waals surface area (Å²) in [6.07, 6.45) is -4.48. The van der Waals surface area contributed by atoms with Gasteiger partial charge in [0.05, 0.1) is 6.61 Å². The molecule has 0 radical (unpaired) electrons. The van der Waals surface area contributed by atoms with E-state index in [1.807, 2.05) is 0 Å². The zero-order chi connectivity index (χ0) is 9.72. The molecule has 0 bridgehead atoms. The number of hydrogen-bond acceptors (Lipinski definition) is 6. The minimum Gasteiger partial charge on any atom is -0.550 e. The number of ketones is 1. The first kappa shape index (κ1) is 11.0. The summed E-state index contributed by atoms with van der Waals surface area (Å²) in [7, 11) is 0. The number of hydrogen-bond donors (Lipinski definition) is 3. The van der Waals surface area contributed by atoms with Gasteiger partial charge in [-0.05, 0) is 0 Å². The number of carbonyl (C=O) groups is 2. The summed E-state index contributed by atoms with van der Waals surface area (Å²) in [5.41, 5.74) is 0. The summed E-state index contributed by atoms with van der Waals surface area (Å²) in [4.78, 5) is 20.4. The van der Waals surface area contributed by atoms with Crippen LogP contribution in [0.3, 0.4) is 0 Å². The smallest absolute Gasteiger partial charge is 0.169 e. The van der Waals surface area contributed by atoms with Crippen molar-refractivity contribution >= 4 is 11.8 Å². The number of Topliss-reactive ketones (excluding diaryl/α,β-unsaturated/α-hetero) is 1. The summed E-state index contributed by atoms with van der Waals surface area (Å²) >= 11 is 0. The zero-order valence-electron chi connectivity index (χ0n) is 6.14. The highest BCUT2D eigenvalue weighted by atomic mass is 16.4. The summed E-state index contributed by atoms with van der Waals surface area (Å²) in [6.45, 7) is -0.806. The van der Waals surface area contributed by atoms with Gasteiger partial charge in [-0.25, -0.2) is 0 Å². The van der Waals surface area contributed by atoms with Crippen LogP contribution >= 0.6 is 0 Å². The van der Waals surface area contributed by atoms with Gasteiger partial charge in [0, 0.05) is 12.4 Å². The molecule has 0 aliphatic heterocycles. The predicted molar refractivity (Wildman–Crippen MR) is 33.7 cm³/mol. The van der Waals surface area contributed by atoms with E-state index in [0.29, 0.717) is 0 Å². The largest absolute Gasteiger partial charge is 0.550 e. The van der Waals surface area contributed by atoms with Gasteiger partial charge < -0.3 is 25.2 Å². The molecule has 0 amide bonds. The van der Waals surface area contributed by atoms with Crippen molar-refractivity contribution in [3.05, 3.63) is 0 Å². The molecule has 6 heteroatoms. The van der Waals surface area contributed by atoms with Crippen molar-refractivity contribution in [2.24, 2.45) is 0 Å². The van der Waals surface area contributed by atoms with Crippen LogP contribution in [0.1, 0.15) is 6.42 Å². The maximum Gasteiger partial charge on any atom is 0.169 e. The van der Waals surface area contributed by atoms with Crippen LogP contribution in [-0.2, 0) is 9.59 Å². The number of carbonyl (C=O) groups excluding carboxylic acids is 2. The Bertz CT molecular complexity index is 177. The average molecular weight is 177 g/mol. The molecule has 0 saturated heterocycles. The normalized spacial score (nSPS) is 15.2. The Morgan fingerprint density at radius 2 is 1.83 bits per heavy atom. The maximum absolute atomic E-state index is 10.6. The van der Waals surface area contributed by atoms with E-state index in [1.165, 1.54) is 0 Å².